The standard InChI is InChI=1S/C14H15N5O/c20-12(9-10-5-1-2-6-10)16-14-17-13(18-19-14)11-7-3-4-8-15-11/h1,3-5,7-8,10H,2,6,9H2,(H2,16,17,18,19,20)/t10-/m0/s1. The molecule has 0 saturated carbocycles. The van der Waals surface area contributed by atoms with Gasteiger partial charge >= 0.3 is 0 Å². The van der Waals surface area contributed by atoms with E-state index in [1.807, 2.05) is 18.2 Å². The lowest BCUT2D eigenvalue weighted by molar-refractivity contribution is -0.116. The SMILES string of the molecule is O=C(C[C@H]1C=CCC1)Nc1n[nH]c(-c2ccccn2)n1. The fourth-order valence-corrected chi connectivity index (χ4v) is 2.21. The number of nitrogens with one attached hydrogen (secondary N) is 2. The number of aromatic amines is 1. The van der Waals surface area contributed by atoms with Crippen molar-refractivity contribution in [3.8, 4) is 11.5 Å². The van der Waals surface area contributed by atoms with E-state index in [4.69, 9.17) is 0 Å². The highest BCUT2D eigenvalue weighted by Crippen LogP contribution is 2.20. The van der Waals surface area contributed by atoms with E-state index in [9.17, 15) is 4.79 Å². The van der Waals surface area contributed by atoms with E-state index < -0.39 is 0 Å². The van der Waals surface area contributed by atoms with Crippen molar-refractivity contribution in [2.45, 2.75) is 19.3 Å². The Morgan fingerprint density at radius 3 is 3.15 bits per heavy atom. The number of amides is 1. The van der Waals surface area contributed by atoms with Gasteiger partial charge in [0.05, 0.1) is 0 Å². The molecule has 2 aromatic rings. The summed E-state index contributed by atoms with van der Waals surface area (Å²) in [5, 5.41) is 9.45. The molecule has 1 aliphatic carbocycles. The second kappa shape index (κ2) is 5.64. The summed E-state index contributed by atoms with van der Waals surface area (Å²) in [6.07, 6.45) is 8.47. The Morgan fingerprint density at radius 2 is 2.40 bits per heavy atom. The molecule has 0 fully saturated rings. The number of carbonyl (C=O) groups is 1. The van der Waals surface area contributed by atoms with Crippen LogP contribution >= 0.6 is 0 Å². The van der Waals surface area contributed by atoms with Crippen LogP contribution < -0.4 is 5.32 Å². The maximum Gasteiger partial charge on any atom is 0.249 e. The number of hydrogen-bond acceptors (Lipinski definition) is 4. The summed E-state index contributed by atoms with van der Waals surface area (Å²) < 4.78 is 0. The number of anilines is 1. The average molecular weight is 269 g/mol. The maximum absolute atomic E-state index is 11.9. The topological polar surface area (TPSA) is 83.6 Å². The quantitative estimate of drug-likeness (QED) is 0.833. The van der Waals surface area contributed by atoms with E-state index in [0.717, 1.165) is 12.8 Å². The number of rotatable bonds is 4. The van der Waals surface area contributed by atoms with Crippen LogP contribution in [0.2, 0.25) is 0 Å². The average Bonchev–Trinajstić information content (AvgIpc) is 3.11. The zero-order chi connectivity index (χ0) is 13.8. The Labute approximate surface area is 116 Å². The molecule has 102 valence electrons. The van der Waals surface area contributed by atoms with Gasteiger partial charge in [-0.25, -0.2) is 0 Å². The normalized spacial score (nSPS) is 17.3. The number of aromatic nitrogens is 4. The number of allylic oxidation sites excluding steroid dienone is 2. The van der Waals surface area contributed by atoms with Crippen LogP contribution in [0, 0.1) is 5.92 Å². The van der Waals surface area contributed by atoms with E-state index in [2.05, 4.69) is 37.6 Å². The molecule has 3 rings (SSSR count). The lowest BCUT2D eigenvalue weighted by Gasteiger charge is -2.05. The van der Waals surface area contributed by atoms with Crippen LogP contribution in [0.1, 0.15) is 19.3 Å². The van der Waals surface area contributed by atoms with Crippen molar-refractivity contribution in [2.24, 2.45) is 5.92 Å². The van der Waals surface area contributed by atoms with Crippen molar-refractivity contribution in [1.82, 2.24) is 20.2 Å². The van der Waals surface area contributed by atoms with Crippen molar-refractivity contribution >= 4 is 11.9 Å². The molecule has 1 amide bonds. The van der Waals surface area contributed by atoms with Crippen molar-refractivity contribution < 1.29 is 4.79 Å². The first-order chi connectivity index (χ1) is 9.81. The summed E-state index contributed by atoms with van der Waals surface area (Å²) >= 11 is 0. The first-order valence-electron chi connectivity index (χ1n) is 6.61. The van der Waals surface area contributed by atoms with Gasteiger partial charge in [0.15, 0.2) is 5.82 Å². The van der Waals surface area contributed by atoms with Crippen LogP contribution in [0.25, 0.3) is 11.5 Å². The Kier molecular flexibility index (Phi) is 3.54. The van der Waals surface area contributed by atoms with Crippen molar-refractivity contribution in [3.63, 3.8) is 0 Å². The van der Waals surface area contributed by atoms with Gasteiger partial charge in [-0.15, -0.1) is 5.10 Å². The number of H-pyrrole nitrogens is 1. The molecule has 0 spiro atoms. The minimum absolute atomic E-state index is 0.0619. The van der Waals surface area contributed by atoms with Crippen molar-refractivity contribution in [2.75, 3.05) is 5.32 Å². The molecule has 2 N–H and O–H groups in total. The van der Waals surface area contributed by atoms with Gasteiger partial charge in [0.2, 0.25) is 11.9 Å². The van der Waals surface area contributed by atoms with Gasteiger partial charge in [0.25, 0.3) is 0 Å². The van der Waals surface area contributed by atoms with Crippen LogP contribution in [-0.4, -0.2) is 26.1 Å². The van der Waals surface area contributed by atoms with Gasteiger partial charge in [-0.05, 0) is 30.9 Å². The molecule has 0 aromatic carbocycles. The van der Waals surface area contributed by atoms with Gasteiger partial charge in [-0.1, -0.05) is 18.2 Å². The highest BCUT2D eigenvalue weighted by molar-refractivity contribution is 5.89. The van der Waals surface area contributed by atoms with Crippen LogP contribution in [0.15, 0.2) is 36.5 Å². The largest absolute Gasteiger partial charge is 0.293 e. The maximum atomic E-state index is 11.9. The minimum Gasteiger partial charge on any atom is -0.293 e. The number of hydrogen-bond donors (Lipinski definition) is 2. The third kappa shape index (κ3) is 2.90. The first kappa shape index (κ1) is 12.5. The Bertz CT molecular complexity index is 620. The molecule has 0 aliphatic heterocycles. The second-order valence-electron chi connectivity index (χ2n) is 4.74. The van der Waals surface area contributed by atoms with Gasteiger partial charge in [0, 0.05) is 12.6 Å². The lowest BCUT2D eigenvalue weighted by Crippen LogP contribution is -2.15. The van der Waals surface area contributed by atoms with Gasteiger partial charge < -0.3 is 0 Å². The Morgan fingerprint density at radius 1 is 1.45 bits per heavy atom. The molecule has 0 saturated heterocycles. The van der Waals surface area contributed by atoms with E-state index in [0.29, 0.717) is 23.9 Å². The highest BCUT2D eigenvalue weighted by Gasteiger charge is 2.15. The fourth-order valence-electron chi connectivity index (χ4n) is 2.21. The summed E-state index contributed by atoms with van der Waals surface area (Å²) in [4.78, 5) is 20.2. The van der Waals surface area contributed by atoms with Gasteiger partial charge in [0.1, 0.15) is 5.69 Å². The van der Waals surface area contributed by atoms with E-state index in [1.54, 1.807) is 6.20 Å². The Hall–Kier alpha value is -2.50. The molecule has 2 heterocycles. The monoisotopic (exact) mass is 269 g/mol. The van der Waals surface area contributed by atoms with E-state index in [1.165, 1.54) is 0 Å². The molecule has 20 heavy (non-hydrogen) atoms. The summed E-state index contributed by atoms with van der Waals surface area (Å²) in [6, 6.07) is 5.53. The predicted octanol–water partition coefficient (Wildman–Crippen LogP) is 2.16. The summed E-state index contributed by atoms with van der Waals surface area (Å²) in [6.45, 7) is 0. The lowest BCUT2D eigenvalue weighted by atomic mass is 10.1. The number of carbonyl (C=O) groups excluding carboxylic acids is 1. The molecule has 6 nitrogen and oxygen atoms in total. The molecular weight excluding hydrogens is 254 g/mol. The zero-order valence-corrected chi connectivity index (χ0v) is 10.9. The fraction of sp³-hybridized carbons (Fsp3) is 0.286. The molecule has 0 bridgehead atoms. The second-order valence-corrected chi connectivity index (χ2v) is 4.74. The van der Waals surface area contributed by atoms with Crippen LogP contribution in [-0.2, 0) is 4.79 Å². The zero-order valence-electron chi connectivity index (χ0n) is 10.9. The number of nitrogens with zero attached hydrogens (tertiary/aromatic N) is 3. The first-order valence-corrected chi connectivity index (χ1v) is 6.61. The summed E-state index contributed by atoms with van der Waals surface area (Å²) in [7, 11) is 0. The highest BCUT2D eigenvalue weighted by atomic mass is 16.1. The summed E-state index contributed by atoms with van der Waals surface area (Å²) in [5.74, 6) is 1.11. The molecule has 2 aromatic heterocycles. The molecule has 6 heteroatoms. The molecule has 1 aliphatic rings. The molecule has 1 atom stereocenters. The van der Waals surface area contributed by atoms with E-state index in [-0.39, 0.29) is 11.9 Å². The minimum atomic E-state index is -0.0619. The number of pyridine rings is 1. The van der Waals surface area contributed by atoms with Gasteiger partial charge in [-0.3, -0.25) is 20.2 Å². The van der Waals surface area contributed by atoms with Crippen LogP contribution in [0.5, 0.6) is 0 Å². The van der Waals surface area contributed by atoms with E-state index >= 15 is 0 Å². The van der Waals surface area contributed by atoms with Crippen LogP contribution in [0.4, 0.5) is 5.95 Å². The summed E-state index contributed by atoms with van der Waals surface area (Å²) in [5.41, 5.74) is 0.694. The third-order valence-corrected chi connectivity index (χ3v) is 3.20. The van der Waals surface area contributed by atoms with Crippen molar-refractivity contribution in [3.05, 3.63) is 36.5 Å². The van der Waals surface area contributed by atoms with Crippen molar-refractivity contribution in [1.29, 1.82) is 0 Å². The predicted molar refractivity (Wildman–Crippen MR) is 74.7 cm³/mol. The smallest absolute Gasteiger partial charge is 0.249 e. The third-order valence-electron chi connectivity index (χ3n) is 3.20. The Balaban J connectivity index is 1.62. The van der Waals surface area contributed by atoms with Crippen LogP contribution in [0.3, 0.4) is 0 Å². The van der Waals surface area contributed by atoms with Gasteiger partial charge in [-0.2, -0.15) is 4.98 Å². The molecular formula is C14H15N5O. The molecule has 0 unspecified atom stereocenters. The molecule has 0 radical (unpaired) electrons.